The van der Waals surface area contributed by atoms with E-state index in [1.165, 1.54) is 89.9 Å². The molecule has 0 unspecified atom stereocenters. The average Bonchev–Trinajstić information content (AvgIpc) is 3.05. The molecule has 0 aliphatic carbocycles. The van der Waals surface area contributed by atoms with Crippen LogP contribution in [0.5, 0.6) is 0 Å². The van der Waals surface area contributed by atoms with E-state index in [0.29, 0.717) is 26.1 Å². The zero-order valence-electron chi connectivity index (χ0n) is 30.1. The lowest BCUT2D eigenvalue weighted by Crippen LogP contribution is -2.04. The fourth-order valence-electron chi connectivity index (χ4n) is 5.58. The lowest BCUT2D eigenvalue weighted by Gasteiger charge is -2.11. The molecule has 0 amide bonds. The van der Waals surface area contributed by atoms with Crippen LogP contribution in [-0.4, -0.2) is 31.2 Å². The van der Waals surface area contributed by atoms with Crippen LogP contribution in [0.2, 0.25) is 0 Å². The molecule has 0 aliphatic rings. The second kappa shape index (κ2) is 37.2. The summed E-state index contributed by atoms with van der Waals surface area (Å²) in [6.07, 6.45) is 39.1. The fraction of sp³-hybridized carbons (Fsp3) is 0.846. The Morgan fingerprint density at radius 2 is 0.913 bits per heavy atom. The Bertz CT molecular complexity index is 736. The summed E-state index contributed by atoms with van der Waals surface area (Å²) in [4.78, 5) is 26.8. The number of nitrogens with zero attached hydrogens (tertiary/aromatic N) is 3. The van der Waals surface area contributed by atoms with Crippen LogP contribution in [0, 0.1) is 0 Å². The standard InChI is InChI=1S/C39H71N3O4/c1-3-5-7-9-17-23-29-35-45-38(43)33-27-21-15-11-13-19-25-31-37(41-42-40)32-26-20-14-12-16-22-28-34-39(44)46-36-30-24-18-10-8-6-4-2/h23-24,29-30,37H,3-22,25-28,31-36H2,1-2H3/b29-23-,30-24-. The van der Waals surface area contributed by atoms with E-state index < -0.39 is 0 Å². The molecular formula is C39H71N3O4. The predicted molar refractivity (Wildman–Crippen MR) is 194 cm³/mol. The number of carbonyl (C=O) groups excluding carboxylic acids is 2. The highest BCUT2D eigenvalue weighted by Crippen LogP contribution is 2.18. The number of carbonyl (C=O) groups is 2. The molecule has 0 aromatic carbocycles. The van der Waals surface area contributed by atoms with Crippen molar-refractivity contribution in [3.63, 3.8) is 0 Å². The van der Waals surface area contributed by atoms with E-state index in [1.807, 2.05) is 12.2 Å². The molecule has 0 spiro atoms. The van der Waals surface area contributed by atoms with Crippen molar-refractivity contribution in [2.75, 3.05) is 13.2 Å². The fourth-order valence-corrected chi connectivity index (χ4v) is 5.58. The summed E-state index contributed by atoms with van der Waals surface area (Å²) in [7, 11) is 0. The number of azide groups is 1. The number of unbranched alkanes of at least 4 members (excludes halogenated alkanes) is 20. The van der Waals surface area contributed by atoms with E-state index >= 15 is 0 Å². The molecule has 0 heterocycles. The largest absolute Gasteiger partial charge is 0.461 e. The molecule has 46 heavy (non-hydrogen) atoms. The van der Waals surface area contributed by atoms with Crippen LogP contribution in [0.4, 0.5) is 0 Å². The minimum absolute atomic E-state index is 0.0824. The Balaban J connectivity index is 3.57. The van der Waals surface area contributed by atoms with E-state index in [2.05, 4.69) is 36.0 Å². The smallest absolute Gasteiger partial charge is 0.306 e. The van der Waals surface area contributed by atoms with Crippen LogP contribution >= 0.6 is 0 Å². The van der Waals surface area contributed by atoms with Crippen molar-refractivity contribution in [1.29, 1.82) is 0 Å². The van der Waals surface area contributed by atoms with E-state index in [4.69, 9.17) is 15.0 Å². The number of hydrogen-bond acceptors (Lipinski definition) is 5. The highest BCUT2D eigenvalue weighted by Gasteiger charge is 2.07. The number of hydrogen-bond donors (Lipinski definition) is 0. The number of ether oxygens (including phenoxy) is 2. The van der Waals surface area contributed by atoms with Crippen molar-refractivity contribution >= 4 is 11.9 Å². The summed E-state index contributed by atoms with van der Waals surface area (Å²) in [6, 6.07) is 0.119. The van der Waals surface area contributed by atoms with Crippen molar-refractivity contribution in [1.82, 2.24) is 0 Å². The third-order valence-corrected chi connectivity index (χ3v) is 8.51. The second-order valence-corrected chi connectivity index (χ2v) is 12.9. The molecule has 0 atom stereocenters. The molecule has 0 radical (unpaired) electrons. The van der Waals surface area contributed by atoms with Gasteiger partial charge in [-0.1, -0.05) is 159 Å². The molecule has 0 aliphatic heterocycles. The van der Waals surface area contributed by atoms with Gasteiger partial charge in [-0.3, -0.25) is 9.59 Å². The van der Waals surface area contributed by atoms with Crippen LogP contribution in [0.3, 0.4) is 0 Å². The summed E-state index contributed by atoms with van der Waals surface area (Å²) < 4.78 is 10.6. The van der Waals surface area contributed by atoms with E-state index in [0.717, 1.165) is 77.0 Å². The van der Waals surface area contributed by atoms with Crippen molar-refractivity contribution in [3.8, 4) is 0 Å². The van der Waals surface area contributed by atoms with Crippen molar-refractivity contribution in [2.45, 2.75) is 200 Å². The third kappa shape index (κ3) is 34.6. The number of rotatable bonds is 35. The minimum atomic E-state index is -0.0824. The van der Waals surface area contributed by atoms with Gasteiger partial charge in [-0.15, -0.1) is 0 Å². The first-order valence-electron chi connectivity index (χ1n) is 19.3. The zero-order valence-corrected chi connectivity index (χ0v) is 30.1. The van der Waals surface area contributed by atoms with Gasteiger partial charge in [0.1, 0.15) is 13.2 Å². The van der Waals surface area contributed by atoms with Gasteiger partial charge in [0.05, 0.1) is 0 Å². The number of esters is 2. The molecule has 0 rings (SSSR count). The van der Waals surface area contributed by atoms with Crippen LogP contribution in [0.1, 0.15) is 194 Å². The van der Waals surface area contributed by atoms with Crippen LogP contribution in [0.15, 0.2) is 29.4 Å². The lowest BCUT2D eigenvalue weighted by molar-refractivity contribution is -0.143. The third-order valence-electron chi connectivity index (χ3n) is 8.51. The highest BCUT2D eigenvalue weighted by molar-refractivity contribution is 5.69. The van der Waals surface area contributed by atoms with Gasteiger partial charge in [0.2, 0.25) is 0 Å². The normalized spacial score (nSPS) is 11.5. The van der Waals surface area contributed by atoms with Crippen molar-refractivity contribution in [2.24, 2.45) is 5.11 Å². The maximum atomic E-state index is 11.9. The average molecular weight is 646 g/mol. The zero-order chi connectivity index (χ0) is 33.6. The summed E-state index contributed by atoms with van der Waals surface area (Å²) in [5, 5.41) is 4.05. The van der Waals surface area contributed by atoms with Gasteiger partial charge in [-0.25, -0.2) is 0 Å². The maximum Gasteiger partial charge on any atom is 0.306 e. The molecule has 0 bridgehead atoms. The monoisotopic (exact) mass is 646 g/mol. The molecule has 0 saturated carbocycles. The molecule has 0 fully saturated rings. The van der Waals surface area contributed by atoms with Gasteiger partial charge < -0.3 is 9.47 Å². The first kappa shape index (κ1) is 43.7. The van der Waals surface area contributed by atoms with Crippen LogP contribution < -0.4 is 0 Å². The molecule has 0 aromatic rings. The van der Waals surface area contributed by atoms with Gasteiger partial charge in [0.15, 0.2) is 0 Å². The van der Waals surface area contributed by atoms with E-state index in [9.17, 15) is 9.59 Å². The SMILES string of the molecule is CCCCCC/C=C\COC(=O)CCCCCCCCCC(CCCCCCCCCC(=O)OC/C=C\CCCCCC)N=[N+]=[N-]. The molecular weight excluding hydrogens is 574 g/mol. The molecule has 7 heteroatoms. The van der Waals surface area contributed by atoms with Gasteiger partial charge in [0.25, 0.3) is 0 Å². The summed E-state index contributed by atoms with van der Waals surface area (Å²) in [6.45, 7) is 5.25. The quantitative estimate of drug-likeness (QED) is 0.0171. The summed E-state index contributed by atoms with van der Waals surface area (Å²) in [5.41, 5.74) is 8.96. The highest BCUT2D eigenvalue weighted by atomic mass is 16.5. The Kier molecular flexibility index (Phi) is 35.4. The summed E-state index contributed by atoms with van der Waals surface area (Å²) in [5.74, 6) is -0.165. The molecule has 0 aromatic heterocycles. The Morgan fingerprint density at radius 1 is 0.543 bits per heavy atom. The molecule has 7 nitrogen and oxygen atoms in total. The maximum absolute atomic E-state index is 11.9. The second-order valence-electron chi connectivity index (χ2n) is 12.9. The van der Waals surface area contributed by atoms with Gasteiger partial charge >= 0.3 is 11.9 Å². The molecule has 0 N–H and O–H groups in total. The minimum Gasteiger partial charge on any atom is -0.461 e. The first-order valence-corrected chi connectivity index (χ1v) is 19.3. The van der Waals surface area contributed by atoms with Crippen molar-refractivity contribution in [3.05, 3.63) is 34.7 Å². The summed E-state index contributed by atoms with van der Waals surface area (Å²) >= 11 is 0. The first-order chi connectivity index (χ1) is 22.6. The Morgan fingerprint density at radius 3 is 1.30 bits per heavy atom. The molecule has 0 saturated heterocycles. The van der Waals surface area contributed by atoms with Crippen LogP contribution in [0.25, 0.3) is 10.4 Å². The lowest BCUT2D eigenvalue weighted by atomic mass is 10.0. The van der Waals surface area contributed by atoms with Gasteiger partial charge in [-0.2, -0.15) is 0 Å². The predicted octanol–water partition coefficient (Wildman–Crippen LogP) is 12.8. The topological polar surface area (TPSA) is 101 Å². The van der Waals surface area contributed by atoms with E-state index in [-0.39, 0.29) is 18.0 Å². The van der Waals surface area contributed by atoms with E-state index in [1.54, 1.807) is 0 Å². The van der Waals surface area contributed by atoms with Crippen LogP contribution in [-0.2, 0) is 19.1 Å². The number of allylic oxidation sites excluding steroid dienone is 2. The van der Waals surface area contributed by atoms with Gasteiger partial charge in [0, 0.05) is 23.8 Å². The Hall–Kier alpha value is -2.27. The van der Waals surface area contributed by atoms with Crippen molar-refractivity contribution < 1.29 is 19.1 Å². The molecule has 266 valence electrons. The Labute approximate surface area is 283 Å². The van der Waals surface area contributed by atoms with Gasteiger partial charge in [-0.05, 0) is 56.9 Å².